The van der Waals surface area contributed by atoms with E-state index in [0.29, 0.717) is 12.1 Å². The number of carbonyl (C=O) groups is 1. The van der Waals surface area contributed by atoms with E-state index < -0.39 is 11.6 Å². The molecule has 2 aromatic carbocycles. The number of carbonyl (C=O) groups excluding carboxylic acids is 1. The number of hydrogen-bond donors (Lipinski definition) is 1. The second kappa shape index (κ2) is 8.55. The molecule has 1 aliphatic heterocycles. The third-order valence-electron chi connectivity index (χ3n) is 5.44. The van der Waals surface area contributed by atoms with Gasteiger partial charge in [0.25, 0.3) is 0 Å². The summed E-state index contributed by atoms with van der Waals surface area (Å²) in [6.45, 7) is 3.40. The predicted octanol–water partition coefficient (Wildman–Crippen LogP) is 4.63. The fourth-order valence-corrected chi connectivity index (χ4v) is 4.81. The zero-order valence-electron chi connectivity index (χ0n) is 16.2. The summed E-state index contributed by atoms with van der Waals surface area (Å²) in [5.74, 6) is -1.47. The van der Waals surface area contributed by atoms with E-state index in [1.165, 1.54) is 16.8 Å². The molecule has 1 amide bonds. The Labute approximate surface area is 172 Å². The Morgan fingerprint density at radius 2 is 2.10 bits per heavy atom. The van der Waals surface area contributed by atoms with Crippen LogP contribution in [0.4, 0.5) is 8.78 Å². The van der Waals surface area contributed by atoms with Crippen LogP contribution in [0, 0.1) is 11.6 Å². The van der Waals surface area contributed by atoms with E-state index in [1.54, 1.807) is 11.3 Å². The smallest absolute Gasteiger partial charge is 0.236 e. The molecule has 1 saturated heterocycles. The molecular formula is C22H23F2N3OS. The van der Waals surface area contributed by atoms with Gasteiger partial charge in [-0.2, -0.15) is 0 Å². The lowest BCUT2D eigenvalue weighted by atomic mass is 9.98. The topological polar surface area (TPSA) is 45.2 Å². The van der Waals surface area contributed by atoms with Crippen molar-refractivity contribution in [2.45, 2.75) is 31.7 Å². The first-order valence-electron chi connectivity index (χ1n) is 9.83. The molecule has 1 N–H and O–H groups in total. The van der Waals surface area contributed by atoms with Gasteiger partial charge in [0.1, 0.15) is 0 Å². The van der Waals surface area contributed by atoms with Crippen LogP contribution < -0.4 is 5.32 Å². The molecule has 0 unspecified atom stereocenters. The standard InChI is InChI=1S/C22H23F2N3OS/c1-14(15-8-9-17(23)18(24)11-15)25-12-21(28)27-10-4-5-16(13-27)22-26-19-6-2-3-7-20(19)29-22/h2-3,6-9,11,14,16,25H,4-5,10,12-13H2,1H3/t14-,16-/m1/s1. The van der Waals surface area contributed by atoms with Crippen LogP contribution >= 0.6 is 11.3 Å². The minimum Gasteiger partial charge on any atom is -0.341 e. The molecule has 3 aromatic rings. The fourth-order valence-electron chi connectivity index (χ4n) is 3.72. The van der Waals surface area contributed by atoms with Crippen LogP contribution in [0.1, 0.15) is 42.3 Å². The van der Waals surface area contributed by atoms with E-state index in [9.17, 15) is 13.6 Å². The molecule has 1 aromatic heterocycles. The van der Waals surface area contributed by atoms with Gasteiger partial charge >= 0.3 is 0 Å². The Morgan fingerprint density at radius 3 is 2.90 bits per heavy atom. The van der Waals surface area contributed by atoms with Gasteiger partial charge in [-0.15, -0.1) is 11.3 Å². The Hall–Kier alpha value is -2.38. The predicted molar refractivity (Wildman–Crippen MR) is 111 cm³/mol. The molecule has 1 aliphatic rings. The quantitative estimate of drug-likeness (QED) is 0.661. The van der Waals surface area contributed by atoms with Gasteiger partial charge in [-0.3, -0.25) is 4.79 Å². The molecule has 0 aliphatic carbocycles. The lowest BCUT2D eigenvalue weighted by Crippen LogP contribution is -2.43. The summed E-state index contributed by atoms with van der Waals surface area (Å²) in [6, 6.07) is 11.7. The van der Waals surface area contributed by atoms with Crippen LogP contribution in [-0.4, -0.2) is 35.4 Å². The molecule has 0 bridgehead atoms. The molecule has 0 spiro atoms. The Balaban J connectivity index is 1.36. The molecular weight excluding hydrogens is 392 g/mol. The lowest BCUT2D eigenvalue weighted by Gasteiger charge is -2.32. The number of para-hydroxylation sites is 1. The fraction of sp³-hybridized carbons (Fsp3) is 0.364. The number of amides is 1. The highest BCUT2D eigenvalue weighted by molar-refractivity contribution is 7.18. The Bertz CT molecular complexity index is 989. The first-order chi connectivity index (χ1) is 14.0. The minimum absolute atomic E-state index is 0.0187. The number of aromatic nitrogens is 1. The number of thiazole rings is 1. The second-order valence-corrected chi connectivity index (χ2v) is 8.54. The molecule has 2 atom stereocenters. The van der Waals surface area contributed by atoms with Gasteiger partial charge in [0.15, 0.2) is 11.6 Å². The number of halogens is 2. The van der Waals surface area contributed by atoms with Crippen molar-refractivity contribution in [1.29, 1.82) is 0 Å². The molecule has 29 heavy (non-hydrogen) atoms. The third-order valence-corrected chi connectivity index (χ3v) is 6.64. The van der Waals surface area contributed by atoms with Gasteiger partial charge in [0.05, 0.1) is 21.8 Å². The van der Waals surface area contributed by atoms with Crippen molar-refractivity contribution in [1.82, 2.24) is 15.2 Å². The molecule has 7 heteroatoms. The largest absolute Gasteiger partial charge is 0.341 e. The maximum absolute atomic E-state index is 13.4. The van der Waals surface area contributed by atoms with Crippen LogP contribution in [0.2, 0.25) is 0 Å². The number of nitrogens with zero attached hydrogens (tertiary/aromatic N) is 2. The highest BCUT2D eigenvalue weighted by atomic mass is 32.1. The van der Waals surface area contributed by atoms with Crippen molar-refractivity contribution in [2.75, 3.05) is 19.6 Å². The third kappa shape index (κ3) is 4.46. The average molecular weight is 416 g/mol. The molecule has 152 valence electrons. The number of likely N-dealkylation sites (tertiary alicyclic amines) is 1. The number of benzene rings is 2. The van der Waals surface area contributed by atoms with Crippen molar-refractivity contribution in [3.05, 3.63) is 64.7 Å². The van der Waals surface area contributed by atoms with E-state index in [2.05, 4.69) is 11.4 Å². The van der Waals surface area contributed by atoms with E-state index >= 15 is 0 Å². The second-order valence-electron chi connectivity index (χ2n) is 7.47. The van der Waals surface area contributed by atoms with Crippen LogP contribution in [0.5, 0.6) is 0 Å². The first-order valence-corrected chi connectivity index (χ1v) is 10.6. The van der Waals surface area contributed by atoms with Gasteiger partial charge in [0.2, 0.25) is 5.91 Å². The maximum atomic E-state index is 13.4. The lowest BCUT2D eigenvalue weighted by molar-refractivity contribution is -0.131. The number of nitrogens with one attached hydrogen (secondary N) is 1. The molecule has 2 heterocycles. The monoisotopic (exact) mass is 415 g/mol. The molecule has 0 saturated carbocycles. The average Bonchev–Trinajstić information content (AvgIpc) is 3.18. The Morgan fingerprint density at radius 1 is 1.28 bits per heavy atom. The van der Waals surface area contributed by atoms with Crippen LogP contribution in [-0.2, 0) is 4.79 Å². The zero-order chi connectivity index (χ0) is 20.4. The van der Waals surface area contributed by atoms with Crippen LogP contribution in [0.3, 0.4) is 0 Å². The van der Waals surface area contributed by atoms with Gasteiger partial charge < -0.3 is 10.2 Å². The minimum atomic E-state index is -0.878. The van der Waals surface area contributed by atoms with Gasteiger partial charge in [0, 0.05) is 25.0 Å². The zero-order valence-corrected chi connectivity index (χ0v) is 17.0. The van der Waals surface area contributed by atoms with E-state index in [1.807, 2.05) is 30.0 Å². The molecule has 0 radical (unpaired) electrons. The van der Waals surface area contributed by atoms with E-state index in [4.69, 9.17) is 4.98 Å². The number of piperidine rings is 1. The summed E-state index contributed by atoms with van der Waals surface area (Å²) in [6.07, 6.45) is 1.98. The molecule has 4 rings (SSSR count). The van der Waals surface area contributed by atoms with E-state index in [0.717, 1.165) is 36.0 Å². The summed E-state index contributed by atoms with van der Waals surface area (Å²) in [5.41, 5.74) is 1.63. The normalized spacial score (nSPS) is 18.2. The SMILES string of the molecule is C[C@@H](NCC(=O)N1CCC[C@@H](c2nc3ccccc3s2)C1)c1ccc(F)c(F)c1. The van der Waals surface area contributed by atoms with Crippen molar-refractivity contribution in [3.63, 3.8) is 0 Å². The number of fused-ring (bicyclic) bond motifs is 1. The van der Waals surface area contributed by atoms with Gasteiger partial charge in [-0.25, -0.2) is 13.8 Å². The van der Waals surface area contributed by atoms with Crippen LogP contribution in [0.15, 0.2) is 42.5 Å². The summed E-state index contributed by atoms with van der Waals surface area (Å²) >= 11 is 1.70. The first kappa shape index (κ1) is 19.9. The van der Waals surface area contributed by atoms with Gasteiger partial charge in [-0.1, -0.05) is 18.2 Å². The summed E-state index contributed by atoms with van der Waals surface area (Å²) in [4.78, 5) is 19.4. The highest BCUT2D eigenvalue weighted by Crippen LogP contribution is 2.33. The summed E-state index contributed by atoms with van der Waals surface area (Å²) in [7, 11) is 0. The van der Waals surface area contributed by atoms with Crippen LogP contribution in [0.25, 0.3) is 10.2 Å². The number of rotatable bonds is 5. The van der Waals surface area contributed by atoms with E-state index in [-0.39, 0.29) is 24.4 Å². The Kier molecular flexibility index (Phi) is 5.87. The molecule has 1 fully saturated rings. The summed E-state index contributed by atoms with van der Waals surface area (Å²) < 4.78 is 27.7. The maximum Gasteiger partial charge on any atom is 0.236 e. The molecule has 4 nitrogen and oxygen atoms in total. The van der Waals surface area contributed by atoms with Crippen molar-refractivity contribution >= 4 is 27.5 Å². The van der Waals surface area contributed by atoms with Crippen molar-refractivity contribution in [3.8, 4) is 0 Å². The number of hydrogen-bond acceptors (Lipinski definition) is 4. The van der Waals surface area contributed by atoms with Crippen molar-refractivity contribution < 1.29 is 13.6 Å². The van der Waals surface area contributed by atoms with Gasteiger partial charge in [-0.05, 0) is 49.6 Å². The van der Waals surface area contributed by atoms with Crippen molar-refractivity contribution in [2.24, 2.45) is 0 Å². The highest BCUT2D eigenvalue weighted by Gasteiger charge is 2.27. The summed E-state index contributed by atoms with van der Waals surface area (Å²) in [5, 5.41) is 4.22.